The summed E-state index contributed by atoms with van der Waals surface area (Å²) in [6.45, 7) is 4.92. The third-order valence-electron chi connectivity index (χ3n) is 4.67. The second-order valence-electron chi connectivity index (χ2n) is 6.96. The van der Waals surface area contributed by atoms with Gasteiger partial charge in [0.05, 0.1) is 4.91 Å². The summed E-state index contributed by atoms with van der Waals surface area (Å²) in [5.41, 5.74) is 3.07. The predicted molar refractivity (Wildman–Crippen MR) is 128 cm³/mol. The van der Waals surface area contributed by atoms with Crippen molar-refractivity contribution in [2.45, 2.75) is 20.4 Å². The number of hydrogen-bond acceptors (Lipinski definition) is 4. The number of carbonyl (C=O) groups excluding carboxylic acids is 2. The number of thiocarbonyl (C=S) groups is 1. The molecular formula is C24H24N2O2S2. The van der Waals surface area contributed by atoms with Gasteiger partial charge in [-0.3, -0.25) is 14.5 Å². The Morgan fingerprint density at radius 1 is 1.10 bits per heavy atom. The number of rotatable bonds is 7. The first-order valence-corrected chi connectivity index (χ1v) is 11.0. The van der Waals surface area contributed by atoms with Crippen LogP contribution in [0.1, 0.15) is 25.0 Å². The minimum absolute atomic E-state index is 0.0376. The molecule has 0 aromatic heterocycles. The Morgan fingerprint density at radius 3 is 2.37 bits per heavy atom. The normalized spacial score (nSPS) is 15.7. The minimum Gasteiger partial charge on any atom is -0.337 e. The van der Waals surface area contributed by atoms with Gasteiger partial charge in [-0.1, -0.05) is 90.7 Å². The Bertz CT molecular complexity index is 985. The quantitative estimate of drug-likeness (QED) is 0.458. The van der Waals surface area contributed by atoms with E-state index in [1.165, 1.54) is 16.7 Å². The summed E-state index contributed by atoms with van der Waals surface area (Å²) in [6.07, 6.45) is 3.84. The van der Waals surface area contributed by atoms with Gasteiger partial charge < -0.3 is 4.90 Å². The number of hydrogen-bond donors (Lipinski definition) is 0. The van der Waals surface area contributed by atoms with E-state index in [0.29, 0.717) is 22.3 Å². The van der Waals surface area contributed by atoms with Crippen LogP contribution in [-0.2, 0) is 16.1 Å². The minimum atomic E-state index is -0.213. The summed E-state index contributed by atoms with van der Waals surface area (Å²) >= 11 is 6.63. The molecule has 3 rings (SSSR count). The van der Waals surface area contributed by atoms with Gasteiger partial charge in [0.25, 0.3) is 5.91 Å². The molecule has 30 heavy (non-hydrogen) atoms. The second-order valence-corrected chi connectivity index (χ2v) is 8.64. The third kappa shape index (κ3) is 5.68. The molecule has 2 aromatic rings. The van der Waals surface area contributed by atoms with Gasteiger partial charge >= 0.3 is 0 Å². The van der Waals surface area contributed by atoms with Crippen LogP contribution in [0.15, 0.2) is 77.2 Å². The van der Waals surface area contributed by atoms with E-state index < -0.39 is 0 Å². The van der Waals surface area contributed by atoms with Crippen molar-refractivity contribution in [3.05, 3.63) is 88.3 Å². The molecule has 0 unspecified atom stereocenters. The lowest BCUT2D eigenvalue weighted by molar-refractivity contribution is -0.135. The van der Waals surface area contributed by atoms with Crippen LogP contribution in [0.25, 0.3) is 6.08 Å². The zero-order valence-electron chi connectivity index (χ0n) is 17.1. The van der Waals surface area contributed by atoms with Gasteiger partial charge in [-0.15, -0.1) is 0 Å². The van der Waals surface area contributed by atoms with E-state index in [1.54, 1.807) is 4.90 Å². The average Bonchev–Trinajstić information content (AvgIpc) is 3.00. The fourth-order valence-corrected chi connectivity index (χ4v) is 4.42. The molecule has 0 bridgehead atoms. The monoisotopic (exact) mass is 436 g/mol. The molecule has 0 spiro atoms. The molecule has 6 heteroatoms. The van der Waals surface area contributed by atoms with E-state index >= 15 is 0 Å². The fourth-order valence-electron chi connectivity index (χ4n) is 3.11. The molecule has 2 aromatic carbocycles. The highest BCUT2D eigenvalue weighted by Crippen LogP contribution is 2.32. The first kappa shape index (κ1) is 22.0. The van der Waals surface area contributed by atoms with E-state index in [2.05, 4.69) is 0 Å². The van der Waals surface area contributed by atoms with E-state index in [9.17, 15) is 9.59 Å². The topological polar surface area (TPSA) is 40.6 Å². The van der Waals surface area contributed by atoms with E-state index in [1.807, 2.05) is 86.7 Å². The Balaban J connectivity index is 1.68. The van der Waals surface area contributed by atoms with Crippen molar-refractivity contribution in [1.29, 1.82) is 0 Å². The predicted octanol–water partition coefficient (Wildman–Crippen LogP) is 4.88. The molecule has 4 nitrogen and oxygen atoms in total. The zero-order valence-corrected chi connectivity index (χ0v) is 18.7. The van der Waals surface area contributed by atoms with Crippen molar-refractivity contribution in [3.8, 4) is 0 Å². The highest BCUT2D eigenvalue weighted by molar-refractivity contribution is 8.26. The van der Waals surface area contributed by atoms with Crippen molar-refractivity contribution in [2.75, 3.05) is 13.1 Å². The number of benzene rings is 2. The summed E-state index contributed by atoms with van der Waals surface area (Å²) in [5, 5.41) is 0. The number of nitrogens with zero attached hydrogens (tertiary/aromatic N) is 2. The number of carbonyl (C=O) groups is 2. The molecule has 1 fully saturated rings. The molecule has 1 saturated heterocycles. The second kappa shape index (κ2) is 10.4. The first-order valence-electron chi connectivity index (χ1n) is 9.78. The average molecular weight is 437 g/mol. The molecule has 1 heterocycles. The molecule has 2 amide bonds. The standard InChI is InChI=1S/C24H24N2O2S2/c1-3-25(16-20-12-8-5-9-13-20)22(27)17-26-23(28)21(30-24(26)29)15-18(2)14-19-10-6-4-7-11-19/h4-15H,3,16-17H2,1-2H3. The van der Waals surface area contributed by atoms with Gasteiger partial charge in [-0.25, -0.2) is 0 Å². The summed E-state index contributed by atoms with van der Waals surface area (Å²) in [4.78, 5) is 29.4. The van der Waals surface area contributed by atoms with Crippen molar-refractivity contribution in [3.63, 3.8) is 0 Å². The maximum Gasteiger partial charge on any atom is 0.266 e. The Hall–Kier alpha value is -2.70. The van der Waals surface area contributed by atoms with Gasteiger partial charge in [0, 0.05) is 13.1 Å². The van der Waals surface area contributed by atoms with Crippen molar-refractivity contribution in [2.24, 2.45) is 0 Å². The largest absolute Gasteiger partial charge is 0.337 e. The van der Waals surface area contributed by atoms with Crippen LogP contribution in [-0.4, -0.2) is 39.0 Å². The van der Waals surface area contributed by atoms with Crippen LogP contribution in [0.3, 0.4) is 0 Å². The molecule has 1 aliphatic heterocycles. The van der Waals surface area contributed by atoms with Crippen LogP contribution in [0.4, 0.5) is 0 Å². The van der Waals surface area contributed by atoms with Crippen LogP contribution in [0.2, 0.25) is 0 Å². The lowest BCUT2D eigenvalue weighted by atomic mass is 10.1. The van der Waals surface area contributed by atoms with Gasteiger partial charge in [-0.2, -0.15) is 0 Å². The van der Waals surface area contributed by atoms with Gasteiger partial charge in [0.1, 0.15) is 10.9 Å². The molecule has 154 valence electrons. The maximum absolute atomic E-state index is 12.9. The SMILES string of the molecule is CCN(Cc1ccccc1)C(=O)CN1C(=O)C(=CC(C)=Cc2ccccc2)SC1=S. The Morgan fingerprint density at radius 2 is 1.73 bits per heavy atom. The summed E-state index contributed by atoms with van der Waals surface area (Å²) < 4.78 is 0.419. The van der Waals surface area contributed by atoms with Crippen molar-refractivity contribution in [1.82, 2.24) is 9.80 Å². The van der Waals surface area contributed by atoms with Crippen molar-refractivity contribution < 1.29 is 9.59 Å². The third-order valence-corrected chi connectivity index (χ3v) is 6.05. The number of thioether (sulfide) groups is 1. The summed E-state index contributed by atoms with van der Waals surface area (Å²) in [5.74, 6) is -0.328. The zero-order chi connectivity index (χ0) is 21.5. The van der Waals surface area contributed by atoms with Crippen molar-refractivity contribution >= 4 is 46.2 Å². The summed E-state index contributed by atoms with van der Waals surface area (Å²) in [7, 11) is 0. The molecule has 0 atom stereocenters. The van der Waals surface area contributed by atoms with E-state index in [4.69, 9.17) is 12.2 Å². The van der Waals surface area contributed by atoms with Crippen LogP contribution in [0.5, 0.6) is 0 Å². The van der Waals surface area contributed by atoms with Gasteiger partial charge in [-0.05, 0) is 36.6 Å². The van der Waals surface area contributed by atoms with Crippen LogP contribution >= 0.6 is 24.0 Å². The first-order chi connectivity index (χ1) is 14.5. The molecular weight excluding hydrogens is 412 g/mol. The smallest absolute Gasteiger partial charge is 0.266 e. The Kier molecular flexibility index (Phi) is 7.60. The molecule has 0 radical (unpaired) electrons. The Labute approximate surface area is 187 Å². The molecule has 0 aliphatic carbocycles. The fraction of sp³-hybridized carbons (Fsp3) is 0.208. The number of allylic oxidation sites excluding steroid dienone is 2. The highest BCUT2D eigenvalue weighted by atomic mass is 32.2. The van der Waals surface area contributed by atoms with E-state index in [0.717, 1.165) is 16.7 Å². The molecule has 1 aliphatic rings. The van der Waals surface area contributed by atoms with Gasteiger partial charge in [0.2, 0.25) is 5.91 Å². The van der Waals surface area contributed by atoms with Crippen LogP contribution < -0.4 is 0 Å². The number of likely N-dealkylation sites (N-methyl/N-ethyl adjacent to an activating group) is 1. The maximum atomic E-state index is 12.9. The number of amides is 2. The lowest BCUT2D eigenvalue weighted by Gasteiger charge is -2.23. The van der Waals surface area contributed by atoms with E-state index in [-0.39, 0.29) is 18.4 Å². The lowest BCUT2D eigenvalue weighted by Crippen LogP contribution is -2.41. The summed E-state index contributed by atoms with van der Waals surface area (Å²) in [6, 6.07) is 19.7. The van der Waals surface area contributed by atoms with Crippen LogP contribution in [0, 0.1) is 0 Å². The molecule has 0 N–H and O–H groups in total. The molecule has 0 saturated carbocycles. The van der Waals surface area contributed by atoms with Gasteiger partial charge in [0.15, 0.2) is 0 Å². The highest BCUT2D eigenvalue weighted by Gasteiger charge is 2.34.